The van der Waals surface area contributed by atoms with Crippen molar-refractivity contribution in [1.29, 1.82) is 5.26 Å². The van der Waals surface area contributed by atoms with E-state index in [0.717, 1.165) is 17.8 Å². The van der Waals surface area contributed by atoms with Crippen LogP contribution in [-0.2, 0) is 6.18 Å². The summed E-state index contributed by atoms with van der Waals surface area (Å²) >= 11 is 0. The first-order valence-electron chi connectivity index (χ1n) is 10.1. The highest BCUT2D eigenvalue weighted by molar-refractivity contribution is 6.07. The lowest BCUT2D eigenvalue weighted by atomic mass is 9.99. The van der Waals surface area contributed by atoms with Gasteiger partial charge in [0.15, 0.2) is 0 Å². The van der Waals surface area contributed by atoms with Gasteiger partial charge in [0.05, 0.1) is 29.9 Å². The van der Waals surface area contributed by atoms with Crippen LogP contribution in [0, 0.1) is 18.3 Å². The van der Waals surface area contributed by atoms with E-state index >= 15 is 0 Å². The van der Waals surface area contributed by atoms with Crippen molar-refractivity contribution in [3.63, 3.8) is 0 Å². The van der Waals surface area contributed by atoms with Crippen molar-refractivity contribution >= 4 is 11.6 Å². The van der Waals surface area contributed by atoms with Crippen molar-refractivity contribution in [1.82, 2.24) is 14.9 Å². The SMILES string of the molecule is Cc1ccncc1C(=O)N(c1ccc(C(F)(F)F)nc1)C1CCN([C@H](C)CC#N)CC1. The number of pyridine rings is 2. The number of rotatable bonds is 5. The number of anilines is 1. The van der Waals surface area contributed by atoms with Gasteiger partial charge in [-0.15, -0.1) is 0 Å². The Hall–Kier alpha value is -2.99. The topological polar surface area (TPSA) is 73.1 Å². The third kappa shape index (κ3) is 5.20. The molecule has 2 aromatic rings. The molecule has 1 fully saturated rings. The zero-order valence-corrected chi connectivity index (χ0v) is 17.4. The molecule has 0 saturated carbocycles. The summed E-state index contributed by atoms with van der Waals surface area (Å²) in [6.45, 7) is 5.17. The molecule has 1 atom stereocenters. The van der Waals surface area contributed by atoms with E-state index < -0.39 is 11.9 Å². The molecule has 2 aromatic heterocycles. The van der Waals surface area contributed by atoms with Crippen LogP contribution in [0.15, 0.2) is 36.8 Å². The molecule has 1 amide bonds. The van der Waals surface area contributed by atoms with Crippen LogP contribution in [0.1, 0.15) is 47.8 Å². The van der Waals surface area contributed by atoms with Gasteiger partial charge in [-0.05, 0) is 50.5 Å². The third-order valence-corrected chi connectivity index (χ3v) is 5.68. The summed E-state index contributed by atoms with van der Waals surface area (Å²) in [5.74, 6) is -0.310. The Balaban J connectivity index is 1.90. The number of aryl methyl sites for hydroxylation is 1. The molecular formula is C22H24F3N5O. The molecule has 6 nitrogen and oxygen atoms in total. The van der Waals surface area contributed by atoms with Gasteiger partial charge < -0.3 is 4.90 Å². The maximum Gasteiger partial charge on any atom is 0.433 e. The van der Waals surface area contributed by atoms with E-state index in [1.165, 1.54) is 12.3 Å². The molecule has 9 heteroatoms. The molecule has 3 heterocycles. The Bertz CT molecular complexity index is 947. The minimum absolute atomic E-state index is 0.114. The lowest BCUT2D eigenvalue weighted by Crippen LogP contribution is -2.49. The van der Waals surface area contributed by atoms with Crippen molar-refractivity contribution < 1.29 is 18.0 Å². The number of hydrogen-bond acceptors (Lipinski definition) is 5. The van der Waals surface area contributed by atoms with Gasteiger partial charge in [0.2, 0.25) is 0 Å². The quantitative estimate of drug-likeness (QED) is 0.709. The number of likely N-dealkylation sites (tertiary alicyclic amines) is 1. The summed E-state index contributed by atoms with van der Waals surface area (Å²) in [4.78, 5) is 24.8. The van der Waals surface area contributed by atoms with E-state index in [4.69, 9.17) is 5.26 Å². The van der Waals surface area contributed by atoms with Crippen LogP contribution in [0.4, 0.5) is 18.9 Å². The third-order valence-electron chi connectivity index (χ3n) is 5.68. The molecule has 1 saturated heterocycles. The molecule has 0 unspecified atom stereocenters. The summed E-state index contributed by atoms with van der Waals surface area (Å²) in [7, 11) is 0. The largest absolute Gasteiger partial charge is 0.433 e. The Morgan fingerprint density at radius 3 is 2.55 bits per heavy atom. The molecule has 1 aliphatic rings. The fourth-order valence-electron chi connectivity index (χ4n) is 3.85. The van der Waals surface area contributed by atoms with E-state index in [1.54, 1.807) is 24.1 Å². The van der Waals surface area contributed by atoms with Crippen LogP contribution in [0.2, 0.25) is 0 Å². The van der Waals surface area contributed by atoms with Gasteiger partial charge in [0.1, 0.15) is 5.69 Å². The van der Waals surface area contributed by atoms with E-state index in [9.17, 15) is 18.0 Å². The number of alkyl halides is 3. The number of piperidine rings is 1. The number of amides is 1. The Morgan fingerprint density at radius 2 is 2.00 bits per heavy atom. The zero-order valence-electron chi connectivity index (χ0n) is 17.4. The summed E-state index contributed by atoms with van der Waals surface area (Å²) < 4.78 is 38.9. The lowest BCUT2D eigenvalue weighted by molar-refractivity contribution is -0.141. The van der Waals surface area contributed by atoms with Crippen molar-refractivity contribution in [2.45, 2.75) is 51.4 Å². The standard InChI is InChI=1S/C22H24F3N5O/c1-15-6-10-27-14-19(15)21(31)30(18-3-4-20(28-13-18)22(23,24)25)17-7-11-29(12-8-17)16(2)5-9-26/h3-4,6,10,13-14,16-17H,5,7-8,11-12H2,1-2H3/t16-/m1/s1. The fraction of sp³-hybridized carbons (Fsp3) is 0.455. The summed E-state index contributed by atoms with van der Waals surface area (Å²) in [5.41, 5.74) is 0.471. The van der Waals surface area contributed by atoms with Gasteiger partial charge >= 0.3 is 6.18 Å². The van der Waals surface area contributed by atoms with Crippen molar-refractivity contribution in [2.24, 2.45) is 0 Å². The highest BCUT2D eigenvalue weighted by Gasteiger charge is 2.35. The van der Waals surface area contributed by atoms with Crippen LogP contribution in [-0.4, -0.2) is 45.9 Å². The number of hydrogen-bond donors (Lipinski definition) is 0. The van der Waals surface area contributed by atoms with Gasteiger partial charge in [-0.1, -0.05) is 0 Å². The summed E-state index contributed by atoms with van der Waals surface area (Å²) in [5, 5.41) is 8.94. The average Bonchev–Trinajstić information content (AvgIpc) is 2.74. The predicted octanol–water partition coefficient (Wildman–Crippen LogP) is 4.22. The smallest absolute Gasteiger partial charge is 0.304 e. The predicted molar refractivity (Wildman–Crippen MR) is 109 cm³/mol. The molecule has 3 rings (SSSR count). The van der Waals surface area contributed by atoms with Gasteiger partial charge in [0, 0.05) is 37.6 Å². The second kappa shape index (κ2) is 9.43. The maximum absolute atomic E-state index is 13.4. The van der Waals surface area contributed by atoms with E-state index in [0.29, 0.717) is 43.6 Å². The van der Waals surface area contributed by atoms with E-state index in [2.05, 4.69) is 20.9 Å². The van der Waals surface area contributed by atoms with Crippen molar-refractivity contribution in [3.05, 3.63) is 53.6 Å². The lowest BCUT2D eigenvalue weighted by Gasteiger charge is -2.40. The van der Waals surface area contributed by atoms with Crippen LogP contribution < -0.4 is 4.90 Å². The molecule has 31 heavy (non-hydrogen) atoms. The Morgan fingerprint density at radius 1 is 1.29 bits per heavy atom. The number of nitriles is 1. The van der Waals surface area contributed by atoms with Gasteiger partial charge in [-0.3, -0.25) is 14.7 Å². The first-order valence-corrected chi connectivity index (χ1v) is 10.1. The second-order valence-corrected chi connectivity index (χ2v) is 7.74. The minimum atomic E-state index is -4.55. The molecule has 1 aliphatic heterocycles. The van der Waals surface area contributed by atoms with Crippen LogP contribution in [0.3, 0.4) is 0 Å². The molecule has 0 bridgehead atoms. The number of aromatic nitrogens is 2. The van der Waals surface area contributed by atoms with Gasteiger partial charge in [-0.25, -0.2) is 4.98 Å². The number of carbonyl (C=O) groups excluding carboxylic acids is 1. The monoisotopic (exact) mass is 431 g/mol. The molecule has 0 N–H and O–H groups in total. The van der Waals surface area contributed by atoms with Gasteiger partial charge in [0.25, 0.3) is 5.91 Å². The van der Waals surface area contributed by atoms with Crippen LogP contribution >= 0.6 is 0 Å². The van der Waals surface area contributed by atoms with Crippen LogP contribution in [0.25, 0.3) is 0 Å². The number of carbonyl (C=O) groups is 1. The number of nitrogens with zero attached hydrogens (tertiary/aromatic N) is 5. The first kappa shape index (κ1) is 22.7. The molecule has 164 valence electrons. The highest BCUT2D eigenvalue weighted by atomic mass is 19.4. The zero-order chi connectivity index (χ0) is 22.6. The van der Waals surface area contributed by atoms with Crippen molar-refractivity contribution in [2.75, 3.05) is 18.0 Å². The molecular weight excluding hydrogens is 407 g/mol. The Labute approximate surface area is 179 Å². The number of halogens is 3. The molecule has 0 aliphatic carbocycles. The minimum Gasteiger partial charge on any atom is -0.304 e. The second-order valence-electron chi connectivity index (χ2n) is 7.74. The molecule has 0 radical (unpaired) electrons. The van der Waals surface area contributed by atoms with E-state index in [1.807, 2.05) is 6.92 Å². The Kier molecular flexibility index (Phi) is 6.91. The normalized spacial score (nSPS) is 16.5. The summed E-state index contributed by atoms with van der Waals surface area (Å²) in [6, 6.07) is 6.01. The maximum atomic E-state index is 13.4. The van der Waals surface area contributed by atoms with E-state index in [-0.39, 0.29) is 18.0 Å². The average molecular weight is 431 g/mol. The van der Waals surface area contributed by atoms with Crippen molar-refractivity contribution in [3.8, 4) is 6.07 Å². The first-order chi connectivity index (χ1) is 14.7. The highest BCUT2D eigenvalue weighted by Crippen LogP contribution is 2.31. The molecule has 0 aromatic carbocycles. The van der Waals surface area contributed by atoms with Crippen LogP contribution in [0.5, 0.6) is 0 Å². The van der Waals surface area contributed by atoms with Gasteiger partial charge in [-0.2, -0.15) is 18.4 Å². The summed E-state index contributed by atoms with van der Waals surface area (Å²) in [6.07, 6.45) is 1.33. The molecule has 0 spiro atoms. The fourth-order valence-corrected chi connectivity index (χ4v) is 3.85.